The fourth-order valence-electron chi connectivity index (χ4n) is 9.66. The van der Waals surface area contributed by atoms with Crippen molar-refractivity contribution in [1.82, 2.24) is 17.5 Å². The van der Waals surface area contributed by atoms with E-state index in [1.165, 1.54) is 45.7 Å². The van der Waals surface area contributed by atoms with E-state index in [9.17, 15) is 0 Å². The Morgan fingerprint density at radius 2 is 0.761 bits per heavy atom. The molecule has 1 aliphatic rings. The van der Waals surface area contributed by atoms with Crippen LogP contribution < -0.4 is 0 Å². The summed E-state index contributed by atoms with van der Waals surface area (Å²) in [4.78, 5) is 3.88. The first kappa shape index (κ1) is 43.8. The molecule has 6 aromatic carbocycles. The van der Waals surface area contributed by atoms with Crippen LogP contribution in [0.4, 0.5) is 8.78 Å². The topological polar surface area (TPSA) is 51.6 Å². The van der Waals surface area contributed by atoms with Gasteiger partial charge in [0.15, 0.2) is 0 Å². The first-order valence-electron chi connectivity index (χ1n) is 23.0. The first-order chi connectivity index (χ1) is 32.4. The number of halogens is 2. The second-order valence-electron chi connectivity index (χ2n) is 19.2. The van der Waals surface area contributed by atoms with E-state index in [2.05, 4.69) is 126 Å². The predicted molar refractivity (Wildman–Crippen MR) is 281 cm³/mol. The van der Waals surface area contributed by atoms with Gasteiger partial charge in [-0.15, -0.1) is 22.7 Å². The average Bonchev–Trinajstić information content (AvgIpc) is 4.19. The van der Waals surface area contributed by atoms with Crippen molar-refractivity contribution in [1.29, 1.82) is 0 Å². The van der Waals surface area contributed by atoms with Gasteiger partial charge in [0, 0.05) is 58.3 Å². The smallest absolute Gasteiger partial charge is 0.132 e. The van der Waals surface area contributed by atoms with Crippen LogP contribution in [-0.4, -0.2) is 17.5 Å². The highest BCUT2D eigenvalue weighted by atomic mass is 32.1. The van der Waals surface area contributed by atoms with Crippen LogP contribution in [-0.2, 0) is 18.3 Å². The molecular formula is C57H48F2N4S4. The highest BCUT2D eigenvalue weighted by molar-refractivity contribution is 7.19. The van der Waals surface area contributed by atoms with E-state index in [1.807, 2.05) is 24.3 Å². The summed E-state index contributed by atoms with van der Waals surface area (Å²) in [6.07, 6.45) is 3.84. The summed E-state index contributed by atoms with van der Waals surface area (Å²) in [5, 5.41) is 0. The van der Waals surface area contributed by atoms with Crippen molar-refractivity contribution in [2.45, 2.75) is 72.6 Å². The van der Waals surface area contributed by atoms with Gasteiger partial charge < -0.3 is 0 Å². The van der Waals surface area contributed by atoms with Gasteiger partial charge >= 0.3 is 0 Å². The molecule has 0 atom stereocenters. The Hall–Kier alpha value is -5.78. The lowest BCUT2D eigenvalue weighted by atomic mass is 9.80. The van der Waals surface area contributed by atoms with Crippen LogP contribution in [0.1, 0.15) is 76.6 Å². The molecule has 4 aromatic heterocycles. The van der Waals surface area contributed by atoms with Crippen LogP contribution >= 0.6 is 46.1 Å². The Bertz CT molecular complexity index is 3290. The number of hydrogen-bond donors (Lipinski definition) is 0. The SMILES string of the molecule is CC(C)CCc1ccc(-c2ccc(-c3ccc(-c4ccc5c(c4)C(C)(C)c4cc(-c6ccc(-c7ccc(-c8ccc(CCC(C)C)cc8F)s7)c7nsnc67)ccc4-5)c4nsnc34)s2)c(F)c1. The van der Waals surface area contributed by atoms with Gasteiger partial charge in [0.25, 0.3) is 0 Å². The molecule has 0 saturated carbocycles. The minimum atomic E-state index is -0.278. The molecule has 0 bridgehead atoms. The molecule has 0 aliphatic heterocycles. The summed E-state index contributed by atoms with van der Waals surface area (Å²) >= 11 is 5.63. The van der Waals surface area contributed by atoms with Gasteiger partial charge in [0.05, 0.1) is 23.5 Å². The predicted octanol–water partition coefficient (Wildman–Crippen LogP) is 17.6. The molecule has 0 spiro atoms. The Morgan fingerprint density at radius 1 is 0.418 bits per heavy atom. The molecule has 0 unspecified atom stereocenters. The summed E-state index contributed by atoms with van der Waals surface area (Å²) < 4.78 is 50.1. The maximum absolute atomic E-state index is 15.4. The van der Waals surface area contributed by atoms with Crippen LogP contribution in [0.15, 0.2) is 121 Å². The van der Waals surface area contributed by atoms with Gasteiger partial charge in [-0.25, -0.2) is 8.78 Å². The Kier molecular flexibility index (Phi) is 11.4. The highest BCUT2D eigenvalue weighted by Gasteiger charge is 2.36. The molecule has 4 heterocycles. The third-order valence-electron chi connectivity index (χ3n) is 13.5. The van der Waals surface area contributed by atoms with Crippen molar-refractivity contribution in [2.75, 3.05) is 0 Å². The Morgan fingerprint density at radius 3 is 1.15 bits per heavy atom. The van der Waals surface area contributed by atoms with Crippen molar-refractivity contribution in [2.24, 2.45) is 11.8 Å². The van der Waals surface area contributed by atoms with Crippen LogP contribution in [0.2, 0.25) is 0 Å². The lowest BCUT2D eigenvalue weighted by Gasteiger charge is -2.23. The first-order valence-corrected chi connectivity index (χ1v) is 26.1. The van der Waals surface area contributed by atoms with Crippen LogP contribution in [0, 0.1) is 23.5 Å². The van der Waals surface area contributed by atoms with Gasteiger partial charge in [0.2, 0.25) is 0 Å². The molecule has 11 rings (SSSR count). The lowest BCUT2D eigenvalue weighted by molar-refractivity contribution is 0.582. The second kappa shape index (κ2) is 17.4. The minimum Gasteiger partial charge on any atom is -0.206 e. The van der Waals surface area contributed by atoms with Gasteiger partial charge in [-0.1, -0.05) is 114 Å². The van der Waals surface area contributed by atoms with Gasteiger partial charge in [-0.2, -0.15) is 17.5 Å². The number of aryl methyl sites for hydroxylation is 2. The van der Waals surface area contributed by atoms with Crippen LogP contribution in [0.3, 0.4) is 0 Å². The van der Waals surface area contributed by atoms with Crippen molar-refractivity contribution >= 4 is 68.2 Å². The number of nitrogens with zero attached hydrogens (tertiary/aromatic N) is 4. The molecule has 334 valence electrons. The molecule has 10 heteroatoms. The maximum Gasteiger partial charge on any atom is 0.132 e. The molecule has 0 radical (unpaired) electrons. The molecule has 10 aromatic rings. The third kappa shape index (κ3) is 7.95. The van der Waals surface area contributed by atoms with Crippen LogP contribution in [0.25, 0.3) is 97.2 Å². The van der Waals surface area contributed by atoms with E-state index >= 15 is 8.78 Å². The number of benzene rings is 6. The highest BCUT2D eigenvalue weighted by Crippen LogP contribution is 2.52. The molecule has 4 nitrogen and oxygen atoms in total. The molecule has 0 saturated heterocycles. The standard InChI is InChI=1S/C57H48F2N4S4/c1-31(2)7-9-33-11-15-41(47(58)27-33)49-23-25-51(64-49)43-21-19-37(53-55(43)62-66-60-53)35-13-17-39-40-18-14-36(30-46(40)57(5,6)45(39)29-35)38-20-22-44(56-54(38)61-67-63-56)52-26-24-50(65-52)42-16-12-34(28-48(42)59)10-8-32(3)4/h11-32H,7-10H2,1-6H3. The number of thiophene rings is 2. The van der Waals surface area contributed by atoms with Crippen molar-refractivity contribution in [3.05, 3.63) is 155 Å². The number of fused-ring (bicyclic) bond motifs is 5. The Balaban J connectivity index is 0.865. The summed E-state index contributed by atoms with van der Waals surface area (Å²) in [5.41, 5.74) is 17.8. The van der Waals surface area contributed by atoms with E-state index in [0.29, 0.717) is 23.0 Å². The third-order valence-corrected chi connectivity index (χ3v) is 16.9. The van der Waals surface area contributed by atoms with E-state index in [-0.39, 0.29) is 17.0 Å². The van der Waals surface area contributed by atoms with Crippen molar-refractivity contribution < 1.29 is 8.78 Å². The fraction of sp³-hybridized carbons (Fsp3) is 0.228. The normalized spacial score (nSPS) is 13.1. The largest absolute Gasteiger partial charge is 0.206 e. The maximum atomic E-state index is 15.4. The van der Waals surface area contributed by atoms with Gasteiger partial charge in [-0.3, -0.25) is 0 Å². The number of hydrogen-bond acceptors (Lipinski definition) is 8. The summed E-state index contributed by atoms with van der Waals surface area (Å²) in [7, 11) is 0. The Labute approximate surface area is 406 Å². The summed E-state index contributed by atoms with van der Waals surface area (Å²) in [6, 6.07) is 41.7. The summed E-state index contributed by atoms with van der Waals surface area (Å²) in [5.74, 6) is 0.806. The molecule has 67 heavy (non-hydrogen) atoms. The monoisotopic (exact) mass is 954 g/mol. The van der Waals surface area contributed by atoms with Crippen molar-refractivity contribution in [3.8, 4) is 75.1 Å². The zero-order valence-corrected chi connectivity index (χ0v) is 41.5. The number of aromatic nitrogens is 4. The lowest BCUT2D eigenvalue weighted by Crippen LogP contribution is -2.15. The second-order valence-corrected chi connectivity index (χ2v) is 22.4. The summed E-state index contributed by atoms with van der Waals surface area (Å²) in [6.45, 7) is 13.4. The number of rotatable bonds is 12. The van der Waals surface area contributed by atoms with Gasteiger partial charge in [0.1, 0.15) is 33.7 Å². The van der Waals surface area contributed by atoms with Crippen molar-refractivity contribution in [3.63, 3.8) is 0 Å². The molecule has 0 N–H and O–H groups in total. The minimum absolute atomic E-state index is 0.176. The molecule has 0 fully saturated rings. The van der Waals surface area contributed by atoms with E-state index in [0.717, 1.165) is 112 Å². The van der Waals surface area contributed by atoms with Gasteiger partial charge in [-0.05, 0) is 131 Å². The quantitative estimate of drug-likeness (QED) is 0.122. The van der Waals surface area contributed by atoms with Crippen LogP contribution in [0.5, 0.6) is 0 Å². The van der Waals surface area contributed by atoms with E-state index in [4.69, 9.17) is 17.5 Å². The fourth-order valence-corrected chi connectivity index (χ4v) is 12.9. The molecule has 0 amide bonds. The average molecular weight is 955 g/mol. The molecule has 1 aliphatic carbocycles. The molecular weight excluding hydrogens is 907 g/mol. The van der Waals surface area contributed by atoms with E-state index in [1.54, 1.807) is 34.8 Å². The zero-order chi connectivity index (χ0) is 46.1. The van der Waals surface area contributed by atoms with E-state index < -0.39 is 0 Å². The zero-order valence-electron chi connectivity index (χ0n) is 38.2.